The molecule has 0 aliphatic rings. The third kappa shape index (κ3) is 3.50. The molecule has 0 bridgehead atoms. The van der Waals surface area contributed by atoms with Crippen molar-refractivity contribution in [3.05, 3.63) is 34.9 Å². The Morgan fingerprint density at radius 3 is 2.56 bits per heavy atom. The molecular weight excluding hydrogens is 220 g/mol. The summed E-state index contributed by atoms with van der Waals surface area (Å²) in [5, 5.41) is 11.1. The normalized spacial score (nSPS) is 16.8. The molecule has 0 heterocycles. The quantitative estimate of drug-likeness (QED) is 0.810. The predicted octanol–water partition coefficient (Wildman–Crippen LogP) is 4.37. The summed E-state index contributed by atoms with van der Waals surface area (Å²) in [7, 11) is 0. The second-order valence-electron chi connectivity index (χ2n) is 4.85. The summed E-state index contributed by atoms with van der Waals surface area (Å²) >= 11 is 6.11. The van der Waals surface area contributed by atoms with Crippen molar-refractivity contribution in [2.24, 2.45) is 5.92 Å². The Kier molecular flexibility index (Phi) is 4.82. The van der Waals surface area contributed by atoms with E-state index in [0.717, 1.165) is 24.8 Å². The molecule has 0 aliphatic carbocycles. The van der Waals surface area contributed by atoms with E-state index in [-0.39, 0.29) is 0 Å². The molecule has 90 valence electrons. The molecule has 1 aromatic rings. The largest absolute Gasteiger partial charge is 0.385 e. The minimum atomic E-state index is -0.826. The number of benzene rings is 1. The topological polar surface area (TPSA) is 20.2 Å². The van der Waals surface area contributed by atoms with Gasteiger partial charge < -0.3 is 5.11 Å². The van der Waals surface area contributed by atoms with E-state index in [1.54, 1.807) is 0 Å². The maximum Gasteiger partial charge on any atom is 0.0885 e. The van der Waals surface area contributed by atoms with Gasteiger partial charge in [0.05, 0.1) is 5.60 Å². The molecular formula is C14H21ClO. The zero-order valence-electron chi connectivity index (χ0n) is 10.3. The van der Waals surface area contributed by atoms with Gasteiger partial charge in [0.25, 0.3) is 0 Å². The van der Waals surface area contributed by atoms with E-state index in [9.17, 15) is 5.11 Å². The molecule has 0 aliphatic heterocycles. The lowest BCUT2D eigenvalue weighted by molar-refractivity contribution is 0.0312. The highest BCUT2D eigenvalue weighted by Gasteiger charge is 2.27. The van der Waals surface area contributed by atoms with Crippen molar-refractivity contribution in [2.75, 3.05) is 0 Å². The summed E-state index contributed by atoms with van der Waals surface area (Å²) in [4.78, 5) is 0. The van der Waals surface area contributed by atoms with Crippen LogP contribution < -0.4 is 0 Å². The minimum Gasteiger partial charge on any atom is -0.385 e. The van der Waals surface area contributed by atoms with Crippen molar-refractivity contribution in [2.45, 2.75) is 45.6 Å². The number of rotatable bonds is 5. The van der Waals surface area contributed by atoms with Crippen LogP contribution in [-0.2, 0) is 5.60 Å². The number of aliphatic hydroxyl groups is 1. The van der Waals surface area contributed by atoms with Crippen molar-refractivity contribution in [3.8, 4) is 0 Å². The van der Waals surface area contributed by atoms with Gasteiger partial charge in [-0.15, -0.1) is 0 Å². The zero-order valence-corrected chi connectivity index (χ0v) is 11.1. The van der Waals surface area contributed by atoms with Crippen molar-refractivity contribution >= 4 is 11.6 Å². The van der Waals surface area contributed by atoms with Crippen LogP contribution in [0.3, 0.4) is 0 Å². The Morgan fingerprint density at radius 2 is 2.00 bits per heavy atom. The number of hydrogen-bond acceptors (Lipinski definition) is 1. The van der Waals surface area contributed by atoms with E-state index in [4.69, 9.17) is 11.6 Å². The Morgan fingerprint density at radius 1 is 1.38 bits per heavy atom. The van der Waals surface area contributed by atoms with Crippen LogP contribution in [0.2, 0.25) is 5.02 Å². The van der Waals surface area contributed by atoms with Gasteiger partial charge in [-0.2, -0.15) is 0 Å². The molecule has 0 saturated heterocycles. The van der Waals surface area contributed by atoms with Gasteiger partial charge in [-0.1, -0.05) is 56.5 Å². The highest BCUT2D eigenvalue weighted by atomic mass is 35.5. The molecule has 1 rings (SSSR count). The third-order valence-corrected chi connectivity index (χ3v) is 3.31. The summed E-state index contributed by atoms with van der Waals surface area (Å²) in [5.41, 5.74) is 0.00652. The molecule has 2 heteroatoms. The van der Waals surface area contributed by atoms with Gasteiger partial charge in [-0.25, -0.2) is 0 Å². The fourth-order valence-electron chi connectivity index (χ4n) is 2.28. The first-order valence-electron chi connectivity index (χ1n) is 5.94. The summed E-state index contributed by atoms with van der Waals surface area (Å²) in [6.45, 7) is 6.19. The molecule has 0 fully saturated rings. The van der Waals surface area contributed by atoms with E-state index < -0.39 is 5.60 Å². The van der Waals surface area contributed by atoms with E-state index in [0.29, 0.717) is 10.9 Å². The van der Waals surface area contributed by atoms with Gasteiger partial charge in [0.1, 0.15) is 0 Å². The van der Waals surface area contributed by atoms with E-state index in [1.807, 2.05) is 31.2 Å². The van der Waals surface area contributed by atoms with E-state index in [2.05, 4.69) is 13.8 Å². The molecule has 1 aromatic carbocycles. The molecule has 1 nitrogen and oxygen atoms in total. The Labute approximate surface area is 103 Å². The molecule has 2 unspecified atom stereocenters. The average molecular weight is 241 g/mol. The first-order chi connectivity index (χ1) is 7.47. The van der Waals surface area contributed by atoms with Crippen molar-refractivity contribution < 1.29 is 5.11 Å². The average Bonchev–Trinajstić information content (AvgIpc) is 2.17. The summed E-state index contributed by atoms with van der Waals surface area (Å²) in [6.07, 6.45) is 3.05. The predicted molar refractivity (Wildman–Crippen MR) is 69.7 cm³/mol. The maximum absolute atomic E-state index is 10.5. The first-order valence-corrected chi connectivity index (χ1v) is 6.32. The molecule has 0 radical (unpaired) electrons. The van der Waals surface area contributed by atoms with Crippen LogP contribution in [0, 0.1) is 5.92 Å². The Hall–Kier alpha value is -0.530. The lowest BCUT2D eigenvalue weighted by Crippen LogP contribution is -2.24. The number of hydrogen-bond donors (Lipinski definition) is 1. The highest BCUT2D eigenvalue weighted by molar-refractivity contribution is 6.31. The lowest BCUT2D eigenvalue weighted by Gasteiger charge is -2.28. The van der Waals surface area contributed by atoms with E-state index in [1.165, 1.54) is 0 Å². The molecule has 0 spiro atoms. The first kappa shape index (κ1) is 13.5. The molecule has 1 N–H and O–H groups in total. The minimum absolute atomic E-state index is 0.510. The lowest BCUT2D eigenvalue weighted by atomic mass is 9.85. The maximum atomic E-state index is 10.5. The van der Waals surface area contributed by atoms with Gasteiger partial charge in [0.2, 0.25) is 0 Å². The van der Waals surface area contributed by atoms with Crippen LogP contribution in [0.25, 0.3) is 0 Å². The van der Waals surface area contributed by atoms with Gasteiger partial charge in [0, 0.05) is 10.6 Å². The van der Waals surface area contributed by atoms with Crippen LogP contribution >= 0.6 is 11.6 Å². The summed E-state index contributed by atoms with van der Waals surface area (Å²) < 4.78 is 0. The van der Waals surface area contributed by atoms with Crippen LogP contribution in [0.5, 0.6) is 0 Å². The van der Waals surface area contributed by atoms with Gasteiger partial charge in [-0.05, 0) is 25.3 Å². The van der Waals surface area contributed by atoms with Crippen LogP contribution in [0.15, 0.2) is 24.3 Å². The van der Waals surface area contributed by atoms with Crippen LogP contribution in [0.4, 0.5) is 0 Å². The molecule has 0 saturated carbocycles. The second kappa shape index (κ2) is 5.70. The second-order valence-corrected chi connectivity index (χ2v) is 5.26. The van der Waals surface area contributed by atoms with Crippen molar-refractivity contribution in [1.29, 1.82) is 0 Å². The van der Waals surface area contributed by atoms with Crippen molar-refractivity contribution in [3.63, 3.8) is 0 Å². The Bertz CT molecular complexity index is 333. The summed E-state index contributed by atoms with van der Waals surface area (Å²) in [5.74, 6) is 0.510. The monoisotopic (exact) mass is 240 g/mol. The summed E-state index contributed by atoms with van der Waals surface area (Å²) in [6, 6.07) is 7.54. The molecule has 16 heavy (non-hydrogen) atoms. The zero-order chi connectivity index (χ0) is 12.2. The van der Waals surface area contributed by atoms with Crippen LogP contribution in [-0.4, -0.2) is 5.11 Å². The van der Waals surface area contributed by atoms with Crippen LogP contribution in [0.1, 0.15) is 45.6 Å². The molecule has 0 amide bonds. The third-order valence-electron chi connectivity index (χ3n) is 2.98. The smallest absolute Gasteiger partial charge is 0.0885 e. The standard InChI is InChI=1S/C14H21ClO/c1-4-7-11(2)10-14(3,16)12-8-5-6-9-13(12)15/h5-6,8-9,11,16H,4,7,10H2,1-3H3. The molecule has 2 atom stereocenters. The van der Waals surface area contributed by atoms with E-state index >= 15 is 0 Å². The molecule has 0 aromatic heterocycles. The highest BCUT2D eigenvalue weighted by Crippen LogP contribution is 2.33. The van der Waals surface area contributed by atoms with Gasteiger partial charge in [-0.3, -0.25) is 0 Å². The van der Waals surface area contributed by atoms with Gasteiger partial charge in [0.15, 0.2) is 0 Å². The number of halogens is 1. The fourth-order valence-corrected chi connectivity index (χ4v) is 2.62. The van der Waals surface area contributed by atoms with Gasteiger partial charge >= 0.3 is 0 Å². The van der Waals surface area contributed by atoms with Crippen molar-refractivity contribution in [1.82, 2.24) is 0 Å². The SMILES string of the molecule is CCCC(C)CC(C)(O)c1ccccc1Cl. The Balaban J connectivity index is 2.81. The fraction of sp³-hybridized carbons (Fsp3) is 0.571.